The van der Waals surface area contributed by atoms with E-state index < -0.39 is 5.97 Å². The Labute approximate surface area is 132 Å². The monoisotopic (exact) mass is 306 g/mol. The molecule has 0 aromatic heterocycles. The lowest BCUT2D eigenvalue weighted by molar-refractivity contribution is -0.144. The van der Waals surface area contributed by atoms with E-state index in [-0.39, 0.29) is 17.8 Å². The van der Waals surface area contributed by atoms with Gasteiger partial charge in [-0.05, 0) is 35.8 Å². The maximum absolute atomic E-state index is 11.8. The minimum Gasteiger partial charge on any atom is -0.478 e. The van der Waals surface area contributed by atoms with E-state index in [4.69, 9.17) is 4.74 Å². The standard InChI is InChI=1S/C18H26O4/c1-12(2)11-22-17(19)10-9-14(13(3)4)15-7-5-6-8-16(15)18(20)21/h5-8,12-14H,9-11H2,1-4H3,(H,20,21). The van der Waals surface area contributed by atoms with Gasteiger partial charge in [0.15, 0.2) is 0 Å². The molecule has 0 aliphatic heterocycles. The minimum atomic E-state index is -0.927. The fraction of sp³-hybridized carbons (Fsp3) is 0.556. The number of carboxylic acid groups (broad SMARTS) is 1. The van der Waals surface area contributed by atoms with Gasteiger partial charge in [0, 0.05) is 6.42 Å². The van der Waals surface area contributed by atoms with Crippen molar-refractivity contribution in [3.63, 3.8) is 0 Å². The highest BCUT2D eigenvalue weighted by Crippen LogP contribution is 2.31. The fourth-order valence-electron chi connectivity index (χ4n) is 2.47. The van der Waals surface area contributed by atoms with Gasteiger partial charge in [-0.2, -0.15) is 0 Å². The summed E-state index contributed by atoms with van der Waals surface area (Å²) in [6, 6.07) is 7.02. The molecular formula is C18H26O4. The number of aromatic carboxylic acids is 1. The van der Waals surface area contributed by atoms with Crippen molar-refractivity contribution < 1.29 is 19.4 Å². The minimum absolute atomic E-state index is 0.0268. The molecule has 1 aromatic rings. The molecule has 22 heavy (non-hydrogen) atoms. The van der Waals surface area contributed by atoms with Gasteiger partial charge < -0.3 is 9.84 Å². The smallest absolute Gasteiger partial charge is 0.335 e. The highest BCUT2D eigenvalue weighted by atomic mass is 16.5. The van der Waals surface area contributed by atoms with Gasteiger partial charge in [0.2, 0.25) is 0 Å². The van der Waals surface area contributed by atoms with Gasteiger partial charge in [-0.25, -0.2) is 4.79 Å². The molecule has 0 fully saturated rings. The molecule has 0 aliphatic carbocycles. The average Bonchev–Trinajstić information content (AvgIpc) is 2.45. The Morgan fingerprint density at radius 1 is 1.14 bits per heavy atom. The molecule has 4 nitrogen and oxygen atoms in total. The Morgan fingerprint density at radius 3 is 2.32 bits per heavy atom. The van der Waals surface area contributed by atoms with Gasteiger partial charge in [-0.1, -0.05) is 45.9 Å². The van der Waals surface area contributed by atoms with E-state index in [0.29, 0.717) is 30.9 Å². The fourth-order valence-corrected chi connectivity index (χ4v) is 2.47. The first-order valence-electron chi connectivity index (χ1n) is 7.80. The number of carbonyl (C=O) groups excluding carboxylic acids is 1. The van der Waals surface area contributed by atoms with Crippen LogP contribution in [0.1, 0.15) is 62.4 Å². The van der Waals surface area contributed by atoms with Crippen LogP contribution in [0.25, 0.3) is 0 Å². The molecule has 0 spiro atoms. The van der Waals surface area contributed by atoms with Crippen LogP contribution >= 0.6 is 0 Å². The lowest BCUT2D eigenvalue weighted by Crippen LogP contribution is -2.15. The third kappa shape index (κ3) is 5.51. The first-order chi connectivity index (χ1) is 10.3. The molecule has 122 valence electrons. The van der Waals surface area contributed by atoms with Crippen LogP contribution in [0.5, 0.6) is 0 Å². The van der Waals surface area contributed by atoms with Gasteiger partial charge in [0.1, 0.15) is 0 Å². The zero-order valence-electron chi connectivity index (χ0n) is 13.8. The number of carbonyl (C=O) groups is 2. The summed E-state index contributed by atoms with van der Waals surface area (Å²) in [6.45, 7) is 8.50. The number of esters is 1. The SMILES string of the molecule is CC(C)COC(=O)CCC(c1ccccc1C(=O)O)C(C)C. The Balaban J connectivity index is 2.79. The lowest BCUT2D eigenvalue weighted by Gasteiger charge is -2.22. The zero-order chi connectivity index (χ0) is 16.7. The van der Waals surface area contributed by atoms with Crippen LogP contribution in [0, 0.1) is 11.8 Å². The number of hydrogen-bond donors (Lipinski definition) is 1. The summed E-state index contributed by atoms with van der Waals surface area (Å²) in [5.74, 6) is -0.550. The summed E-state index contributed by atoms with van der Waals surface area (Å²) >= 11 is 0. The van der Waals surface area contributed by atoms with E-state index >= 15 is 0 Å². The quantitative estimate of drug-likeness (QED) is 0.734. The van der Waals surface area contributed by atoms with Crippen LogP contribution in [0.4, 0.5) is 0 Å². The Bertz CT molecular complexity index is 506. The molecule has 1 atom stereocenters. The second kappa shape index (κ2) is 8.57. The van der Waals surface area contributed by atoms with E-state index in [0.717, 1.165) is 5.56 Å². The Hall–Kier alpha value is -1.84. The van der Waals surface area contributed by atoms with Crippen molar-refractivity contribution >= 4 is 11.9 Å². The van der Waals surface area contributed by atoms with Crippen molar-refractivity contribution in [3.8, 4) is 0 Å². The maximum Gasteiger partial charge on any atom is 0.335 e. The molecule has 1 N–H and O–H groups in total. The van der Waals surface area contributed by atoms with Crippen LogP contribution in [-0.2, 0) is 9.53 Å². The van der Waals surface area contributed by atoms with Crippen molar-refractivity contribution in [1.29, 1.82) is 0 Å². The normalized spacial score (nSPS) is 12.5. The van der Waals surface area contributed by atoms with Crippen molar-refractivity contribution in [1.82, 2.24) is 0 Å². The number of carboxylic acids is 1. The summed E-state index contributed by atoms with van der Waals surface area (Å²) in [5, 5.41) is 9.33. The molecule has 1 aromatic carbocycles. The molecule has 0 bridgehead atoms. The van der Waals surface area contributed by atoms with E-state index in [1.165, 1.54) is 0 Å². The summed E-state index contributed by atoms with van der Waals surface area (Å²) in [4.78, 5) is 23.2. The number of ether oxygens (including phenoxy) is 1. The third-order valence-corrected chi connectivity index (χ3v) is 3.63. The molecule has 1 rings (SSSR count). The lowest BCUT2D eigenvalue weighted by atomic mass is 9.82. The van der Waals surface area contributed by atoms with E-state index in [1.807, 2.05) is 39.8 Å². The Kier molecular flexibility index (Phi) is 7.09. The second-order valence-corrected chi connectivity index (χ2v) is 6.36. The van der Waals surface area contributed by atoms with Crippen molar-refractivity contribution in [3.05, 3.63) is 35.4 Å². The van der Waals surface area contributed by atoms with Gasteiger partial charge in [0.25, 0.3) is 0 Å². The van der Waals surface area contributed by atoms with Crippen LogP contribution in [-0.4, -0.2) is 23.7 Å². The van der Waals surface area contributed by atoms with Crippen molar-refractivity contribution in [2.75, 3.05) is 6.61 Å². The second-order valence-electron chi connectivity index (χ2n) is 6.36. The van der Waals surface area contributed by atoms with Crippen molar-refractivity contribution in [2.45, 2.75) is 46.5 Å². The molecule has 0 heterocycles. The van der Waals surface area contributed by atoms with Gasteiger partial charge in [-0.15, -0.1) is 0 Å². The predicted molar refractivity (Wildman–Crippen MR) is 86.0 cm³/mol. The molecule has 4 heteroatoms. The molecule has 0 aliphatic rings. The van der Waals surface area contributed by atoms with Crippen molar-refractivity contribution in [2.24, 2.45) is 11.8 Å². The molecule has 0 amide bonds. The summed E-state index contributed by atoms with van der Waals surface area (Å²) in [7, 11) is 0. The largest absolute Gasteiger partial charge is 0.478 e. The van der Waals surface area contributed by atoms with Gasteiger partial charge in [-0.3, -0.25) is 4.79 Å². The van der Waals surface area contributed by atoms with Crippen LogP contribution in [0.15, 0.2) is 24.3 Å². The molecule has 1 unspecified atom stereocenters. The number of benzene rings is 1. The zero-order valence-corrected chi connectivity index (χ0v) is 13.8. The number of rotatable bonds is 8. The van der Waals surface area contributed by atoms with Crippen LogP contribution < -0.4 is 0 Å². The molecule has 0 radical (unpaired) electrons. The first-order valence-corrected chi connectivity index (χ1v) is 7.80. The van der Waals surface area contributed by atoms with Crippen LogP contribution in [0.3, 0.4) is 0 Å². The van der Waals surface area contributed by atoms with E-state index in [2.05, 4.69) is 0 Å². The number of hydrogen-bond acceptors (Lipinski definition) is 3. The predicted octanol–water partition coefficient (Wildman–Crippen LogP) is 4.10. The summed E-state index contributed by atoms with van der Waals surface area (Å²) < 4.78 is 5.19. The average molecular weight is 306 g/mol. The maximum atomic E-state index is 11.8. The molecular weight excluding hydrogens is 280 g/mol. The van der Waals surface area contributed by atoms with E-state index in [9.17, 15) is 14.7 Å². The molecule has 0 saturated heterocycles. The molecule has 0 saturated carbocycles. The topological polar surface area (TPSA) is 63.6 Å². The van der Waals surface area contributed by atoms with Gasteiger partial charge in [0.05, 0.1) is 12.2 Å². The summed E-state index contributed by atoms with van der Waals surface area (Å²) in [5.41, 5.74) is 1.11. The third-order valence-electron chi connectivity index (χ3n) is 3.63. The highest BCUT2D eigenvalue weighted by molar-refractivity contribution is 5.89. The first kappa shape index (κ1) is 18.2. The summed E-state index contributed by atoms with van der Waals surface area (Å²) in [6.07, 6.45) is 0.905. The van der Waals surface area contributed by atoms with Gasteiger partial charge >= 0.3 is 11.9 Å². The Morgan fingerprint density at radius 2 is 1.77 bits per heavy atom. The van der Waals surface area contributed by atoms with Crippen LogP contribution in [0.2, 0.25) is 0 Å². The highest BCUT2D eigenvalue weighted by Gasteiger charge is 2.22. The van der Waals surface area contributed by atoms with E-state index in [1.54, 1.807) is 12.1 Å².